The van der Waals surface area contributed by atoms with Crippen molar-refractivity contribution in [2.45, 2.75) is 6.92 Å². The Balaban J connectivity index is 2.08. The number of amides is 1. The molecule has 0 saturated carbocycles. The highest BCUT2D eigenvalue weighted by Crippen LogP contribution is 2.29. The fraction of sp³-hybridized carbons (Fsp3) is 0.0588. The topological polar surface area (TPSA) is 71.8 Å². The molecule has 3 aromatic rings. The lowest BCUT2D eigenvalue weighted by Crippen LogP contribution is -2.13. The van der Waals surface area contributed by atoms with Gasteiger partial charge < -0.3 is 5.73 Å². The van der Waals surface area contributed by atoms with Gasteiger partial charge in [-0.3, -0.25) is 9.89 Å². The SMILES string of the molecule is Cc1cccc(C(N)=O)c1-c1cc(-c2ccc(F)cc2)n[nH]1. The molecule has 0 aliphatic heterocycles. The van der Waals surface area contributed by atoms with Gasteiger partial charge in [0.1, 0.15) is 5.82 Å². The van der Waals surface area contributed by atoms with Gasteiger partial charge in [0.2, 0.25) is 5.91 Å². The monoisotopic (exact) mass is 295 g/mol. The van der Waals surface area contributed by atoms with Crippen LogP contribution < -0.4 is 5.73 Å². The van der Waals surface area contributed by atoms with Crippen LogP contribution in [0.3, 0.4) is 0 Å². The van der Waals surface area contributed by atoms with Crippen molar-refractivity contribution in [2.24, 2.45) is 5.73 Å². The molecule has 1 heterocycles. The fourth-order valence-electron chi connectivity index (χ4n) is 2.45. The van der Waals surface area contributed by atoms with Crippen LogP contribution >= 0.6 is 0 Å². The molecule has 0 unspecified atom stereocenters. The van der Waals surface area contributed by atoms with E-state index in [4.69, 9.17) is 5.73 Å². The van der Waals surface area contributed by atoms with Gasteiger partial charge in [-0.25, -0.2) is 4.39 Å². The molecular formula is C17H14FN3O. The number of carbonyl (C=O) groups excluding carboxylic acids is 1. The lowest BCUT2D eigenvalue weighted by Gasteiger charge is -2.07. The van der Waals surface area contributed by atoms with Crippen LogP contribution in [0.1, 0.15) is 15.9 Å². The Kier molecular flexibility index (Phi) is 3.47. The summed E-state index contributed by atoms with van der Waals surface area (Å²) in [6.07, 6.45) is 0. The summed E-state index contributed by atoms with van der Waals surface area (Å²) in [7, 11) is 0. The van der Waals surface area contributed by atoms with Crippen molar-refractivity contribution in [3.8, 4) is 22.5 Å². The summed E-state index contributed by atoms with van der Waals surface area (Å²) in [5.74, 6) is -0.786. The Hall–Kier alpha value is -2.95. The number of H-pyrrole nitrogens is 1. The molecule has 0 saturated heterocycles. The Morgan fingerprint density at radius 1 is 1.18 bits per heavy atom. The van der Waals surface area contributed by atoms with Crippen LogP contribution in [0.4, 0.5) is 4.39 Å². The number of hydrogen-bond acceptors (Lipinski definition) is 2. The van der Waals surface area contributed by atoms with E-state index in [2.05, 4.69) is 10.2 Å². The van der Waals surface area contributed by atoms with Crippen molar-refractivity contribution < 1.29 is 9.18 Å². The molecule has 4 nitrogen and oxygen atoms in total. The maximum absolute atomic E-state index is 13.0. The Morgan fingerprint density at radius 3 is 2.59 bits per heavy atom. The molecule has 0 spiro atoms. The third-order valence-electron chi connectivity index (χ3n) is 3.53. The minimum atomic E-state index is -0.489. The molecule has 22 heavy (non-hydrogen) atoms. The highest BCUT2D eigenvalue weighted by molar-refractivity contribution is 6.00. The van der Waals surface area contributed by atoms with E-state index in [-0.39, 0.29) is 5.82 Å². The predicted molar refractivity (Wildman–Crippen MR) is 82.7 cm³/mol. The minimum Gasteiger partial charge on any atom is -0.366 e. The van der Waals surface area contributed by atoms with Crippen LogP contribution in [-0.4, -0.2) is 16.1 Å². The van der Waals surface area contributed by atoms with Crippen molar-refractivity contribution in [1.29, 1.82) is 0 Å². The van der Waals surface area contributed by atoms with E-state index in [1.54, 1.807) is 24.3 Å². The van der Waals surface area contributed by atoms with E-state index >= 15 is 0 Å². The molecular weight excluding hydrogens is 281 g/mol. The summed E-state index contributed by atoms with van der Waals surface area (Å²) in [5, 5.41) is 7.15. The van der Waals surface area contributed by atoms with E-state index < -0.39 is 5.91 Å². The average Bonchev–Trinajstić information content (AvgIpc) is 2.97. The van der Waals surface area contributed by atoms with Gasteiger partial charge in [0, 0.05) is 16.7 Å². The smallest absolute Gasteiger partial charge is 0.249 e. The lowest BCUT2D eigenvalue weighted by atomic mass is 9.98. The predicted octanol–water partition coefficient (Wildman–Crippen LogP) is 3.29. The first-order valence-electron chi connectivity index (χ1n) is 6.77. The van der Waals surface area contributed by atoms with Crippen LogP contribution in [0, 0.1) is 12.7 Å². The summed E-state index contributed by atoms with van der Waals surface area (Å²) in [4.78, 5) is 11.6. The van der Waals surface area contributed by atoms with Gasteiger partial charge in [-0.05, 0) is 48.9 Å². The first-order valence-corrected chi connectivity index (χ1v) is 6.77. The number of primary amides is 1. The molecule has 3 N–H and O–H groups in total. The number of halogens is 1. The summed E-state index contributed by atoms with van der Waals surface area (Å²) >= 11 is 0. The zero-order valence-corrected chi connectivity index (χ0v) is 11.9. The summed E-state index contributed by atoms with van der Waals surface area (Å²) in [6.45, 7) is 1.90. The van der Waals surface area contributed by atoms with E-state index in [0.29, 0.717) is 17.0 Å². The average molecular weight is 295 g/mol. The normalized spacial score (nSPS) is 10.6. The zero-order chi connectivity index (χ0) is 15.7. The summed E-state index contributed by atoms with van der Waals surface area (Å²) in [5.41, 5.74) is 9.70. The number of benzene rings is 2. The number of carbonyl (C=O) groups is 1. The standard InChI is InChI=1S/C17H14FN3O/c1-10-3-2-4-13(17(19)22)16(10)15-9-14(20-21-15)11-5-7-12(18)8-6-11/h2-9H,1H3,(H2,19,22)(H,20,21). The largest absolute Gasteiger partial charge is 0.366 e. The number of aromatic amines is 1. The Labute approximate surface area is 126 Å². The maximum atomic E-state index is 13.0. The number of rotatable bonds is 3. The number of nitrogens with zero attached hydrogens (tertiary/aromatic N) is 1. The molecule has 5 heteroatoms. The van der Waals surface area contributed by atoms with Crippen LogP contribution in [0.15, 0.2) is 48.5 Å². The summed E-state index contributed by atoms with van der Waals surface area (Å²) in [6, 6.07) is 13.3. The number of hydrogen-bond donors (Lipinski definition) is 2. The molecule has 3 rings (SSSR count). The van der Waals surface area contributed by atoms with E-state index in [1.807, 2.05) is 19.1 Å². The minimum absolute atomic E-state index is 0.297. The molecule has 0 bridgehead atoms. The van der Waals surface area contributed by atoms with Gasteiger partial charge in [0.15, 0.2) is 0 Å². The lowest BCUT2D eigenvalue weighted by molar-refractivity contribution is 0.100. The van der Waals surface area contributed by atoms with Crippen molar-refractivity contribution in [3.63, 3.8) is 0 Å². The van der Waals surface area contributed by atoms with Gasteiger partial charge in [0.25, 0.3) is 0 Å². The van der Waals surface area contributed by atoms with Crippen molar-refractivity contribution in [2.75, 3.05) is 0 Å². The molecule has 110 valence electrons. The zero-order valence-electron chi connectivity index (χ0n) is 11.9. The van der Waals surface area contributed by atoms with Crippen molar-refractivity contribution in [3.05, 3.63) is 65.5 Å². The second-order valence-corrected chi connectivity index (χ2v) is 5.04. The van der Waals surface area contributed by atoms with Gasteiger partial charge in [-0.15, -0.1) is 0 Å². The van der Waals surface area contributed by atoms with Gasteiger partial charge in [-0.1, -0.05) is 12.1 Å². The van der Waals surface area contributed by atoms with E-state index in [0.717, 1.165) is 16.7 Å². The second kappa shape index (κ2) is 5.44. The first kappa shape index (κ1) is 14.0. The third kappa shape index (κ3) is 2.48. The fourth-order valence-corrected chi connectivity index (χ4v) is 2.45. The molecule has 2 aromatic carbocycles. The van der Waals surface area contributed by atoms with Gasteiger partial charge in [-0.2, -0.15) is 5.10 Å². The molecule has 0 aliphatic carbocycles. The third-order valence-corrected chi connectivity index (χ3v) is 3.53. The van der Waals surface area contributed by atoms with Gasteiger partial charge >= 0.3 is 0 Å². The number of aryl methyl sites for hydroxylation is 1. The second-order valence-electron chi connectivity index (χ2n) is 5.04. The van der Waals surface area contributed by atoms with Crippen LogP contribution in [-0.2, 0) is 0 Å². The summed E-state index contributed by atoms with van der Waals surface area (Å²) < 4.78 is 13.0. The number of nitrogens with one attached hydrogen (secondary N) is 1. The highest BCUT2D eigenvalue weighted by Gasteiger charge is 2.15. The number of nitrogens with two attached hydrogens (primary N) is 1. The molecule has 1 aromatic heterocycles. The molecule has 0 radical (unpaired) electrons. The van der Waals surface area contributed by atoms with Crippen LogP contribution in [0.25, 0.3) is 22.5 Å². The molecule has 0 atom stereocenters. The van der Waals surface area contributed by atoms with E-state index in [1.165, 1.54) is 12.1 Å². The van der Waals surface area contributed by atoms with Gasteiger partial charge in [0.05, 0.1) is 11.4 Å². The number of aromatic nitrogens is 2. The quantitative estimate of drug-likeness (QED) is 0.778. The van der Waals surface area contributed by atoms with E-state index in [9.17, 15) is 9.18 Å². The van der Waals surface area contributed by atoms with Crippen LogP contribution in [0.5, 0.6) is 0 Å². The molecule has 0 aliphatic rings. The maximum Gasteiger partial charge on any atom is 0.249 e. The molecule has 0 fully saturated rings. The first-order chi connectivity index (χ1) is 10.6. The highest BCUT2D eigenvalue weighted by atomic mass is 19.1. The molecule has 1 amide bonds. The van der Waals surface area contributed by atoms with Crippen molar-refractivity contribution in [1.82, 2.24) is 10.2 Å². The Morgan fingerprint density at radius 2 is 1.91 bits per heavy atom. The van der Waals surface area contributed by atoms with Crippen molar-refractivity contribution >= 4 is 5.91 Å². The van der Waals surface area contributed by atoms with Crippen LogP contribution in [0.2, 0.25) is 0 Å². The Bertz CT molecular complexity index is 837.